The Hall–Kier alpha value is -2.68. The number of hydrogen-bond acceptors (Lipinski definition) is 5. The Morgan fingerprint density at radius 2 is 1.97 bits per heavy atom. The number of thiocarbonyl (C=S) groups is 1. The standard InChI is InChI=1S/C22H22ClN3O3S2/c1-4-12(2)24-20(27)13-6-5-7-14(10-13)25-22(30)26-21(28)19-18(23)16-9-8-15(29-3)11-17(16)31-19/h5-12H,4H2,1-3H3,(H,24,27)(H2,25,26,28,30). The molecule has 0 spiro atoms. The van der Waals surface area contributed by atoms with Gasteiger partial charge in [0, 0.05) is 27.4 Å². The number of rotatable bonds is 6. The van der Waals surface area contributed by atoms with E-state index in [0.717, 1.165) is 16.5 Å². The van der Waals surface area contributed by atoms with Crippen LogP contribution in [0.4, 0.5) is 5.69 Å². The van der Waals surface area contributed by atoms with Gasteiger partial charge in [-0.1, -0.05) is 24.6 Å². The van der Waals surface area contributed by atoms with Gasteiger partial charge >= 0.3 is 0 Å². The van der Waals surface area contributed by atoms with E-state index in [-0.39, 0.29) is 17.1 Å². The van der Waals surface area contributed by atoms with Crippen molar-refractivity contribution in [1.82, 2.24) is 10.6 Å². The van der Waals surface area contributed by atoms with Crippen molar-refractivity contribution in [3.63, 3.8) is 0 Å². The van der Waals surface area contributed by atoms with Gasteiger partial charge in [0.05, 0.1) is 12.1 Å². The molecule has 0 radical (unpaired) electrons. The maximum absolute atomic E-state index is 12.7. The second-order valence-electron chi connectivity index (χ2n) is 6.88. The highest BCUT2D eigenvalue weighted by atomic mass is 35.5. The van der Waals surface area contributed by atoms with Crippen LogP contribution in [0.25, 0.3) is 10.1 Å². The average molecular weight is 476 g/mol. The molecule has 6 nitrogen and oxygen atoms in total. The molecule has 3 aromatic rings. The molecule has 1 heterocycles. The van der Waals surface area contributed by atoms with Crippen LogP contribution >= 0.6 is 35.2 Å². The van der Waals surface area contributed by atoms with Crippen LogP contribution in [-0.2, 0) is 0 Å². The zero-order valence-corrected chi connectivity index (χ0v) is 19.6. The predicted molar refractivity (Wildman–Crippen MR) is 131 cm³/mol. The van der Waals surface area contributed by atoms with E-state index in [2.05, 4.69) is 16.0 Å². The first-order valence-electron chi connectivity index (χ1n) is 9.61. The monoisotopic (exact) mass is 475 g/mol. The number of benzene rings is 2. The molecule has 3 N–H and O–H groups in total. The molecular weight excluding hydrogens is 454 g/mol. The summed E-state index contributed by atoms with van der Waals surface area (Å²) in [6.45, 7) is 3.95. The third kappa shape index (κ3) is 5.52. The fraction of sp³-hybridized carbons (Fsp3) is 0.227. The topological polar surface area (TPSA) is 79.5 Å². The molecule has 2 aromatic carbocycles. The highest BCUT2D eigenvalue weighted by Gasteiger charge is 2.19. The molecule has 0 aliphatic carbocycles. The maximum Gasteiger partial charge on any atom is 0.269 e. The molecule has 3 rings (SSSR count). The van der Waals surface area contributed by atoms with E-state index < -0.39 is 5.91 Å². The molecule has 0 fully saturated rings. The van der Waals surface area contributed by atoms with E-state index in [1.54, 1.807) is 37.4 Å². The van der Waals surface area contributed by atoms with E-state index in [0.29, 0.717) is 26.9 Å². The van der Waals surface area contributed by atoms with Crippen LogP contribution in [0.1, 0.15) is 40.3 Å². The van der Waals surface area contributed by atoms with Crippen LogP contribution in [0.3, 0.4) is 0 Å². The predicted octanol–water partition coefficient (Wildman–Crippen LogP) is 5.22. The first-order valence-corrected chi connectivity index (χ1v) is 11.2. The van der Waals surface area contributed by atoms with E-state index in [1.165, 1.54) is 11.3 Å². The Morgan fingerprint density at radius 3 is 2.68 bits per heavy atom. The van der Waals surface area contributed by atoms with Crippen molar-refractivity contribution in [3.05, 3.63) is 57.9 Å². The fourth-order valence-corrected chi connectivity index (χ4v) is 4.44. The van der Waals surface area contributed by atoms with Crippen molar-refractivity contribution in [3.8, 4) is 5.75 Å². The lowest BCUT2D eigenvalue weighted by Crippen LogP contribution is -2.34. The lowest BCUT2D eigenvalue weighted by molar-refractivity contribution is 0.0937. The Balaban J connectivity index is 1.69. The average Bonchev–Trinajstić information content (AvgIpc) is 3.09. The van der Waals surface area contributed by atoms with Crippen molar-refractivity contribution >= 4 is 67.9 Å². The molecule has 1 atom stereocenters. The number of hydrogen-bond donors (Lipinski definition) is 3. The largest absolute Gasteiger partial charge is 0.497 e. The van der Waals surface area contributed by atoms with Gasteiger partial charge in [-0.25, -0.2) is 0 Å². The summed E-state index contributed by atoms with van der Waals surface area (Å²) in [5, 5.41) is 9.74. The number of carbonyl (C=O) groups excluding carboxylic acids is 2. The molecule has 2 amide bonds. The third-order valence-corrected chi connectivity index (χ3v) is 6.50. The molecule has 1 unspecified atom stereocenters. The number of halogens is 1. The zero-order valence-electron chi connectivity index (χ0n) is 17.2. The van der Waals surface area contributed by atoms with Crippen LogP contribution in [0.15, 0.2) is 42.5 Å². The number of carbonyl (C=O) groups is 2. The SMILES string of the molecule is CCC(C)NC(=O)c1cccc(NC(=S)NC(=O)c2sc3cc(OC)ccc3c2Cl)c1. The first kappa shape index (κ1) is 23.0. The quantitative estimate of drug-likeness (QED) is 0.426. The summed E-state index contributed by atoms with van der Waals surface area (Å²) >= 11 is 12.9. The van der Waals surface area contributed by atoms with Crippen molar-refractivity contribution < 1.29 is 14.3 Å². The van der Waals surface area contributed by atoms with Crippen molar-refractivity contribution in [2.24, 2.45) is 0 Å². The van der Waals surface area contributed by atoms with Crippen LogP contribution in [0.5, 0.6) is 5.75 Å². The van der Waals surface area contributed by atoms with Crippen LogP contribution < -0.4 is 20.7 Å². The number of methoxy groups -OCH3 is 1. The number of ether oxygens (including phenoxy) is 1. The molecule has 1 aromatic heterocycles. The minimum Gasteiger partial charge on any atom is -0.497 e. The van der Waals surface area contributed by atoms with Gasteiger partial charge in [-0.2, -0.15) is 0 Å². The normalized spacial score (nSPS) is 11.6. The van der Waals surface area contributed by atoms with E-state index in [9.17, 15) is 9.59 Å². The second-order valence-corrected chi connectivity index (χ2v) is 8.72. The first-order chi connectivity index (χ1) is 14.8. The molecule has 0 saturated carbocycles. The highest BCUT2D eigenvalue weighted by molar-refractivity contribution is 7.80. The van der Waals surface area contributed by atoms with E-state index >= 15 is 0 Å². The van der Waals surface area contributed by atoms with Crippen molar-refractivity contribution in [1.29, 1.82) is 0 Å². The number of anilines is 1. The van der Waals surface area contributed by atoms with Gasteiger partial charge in [-0.05, 0) is 62.0 Å². The van der Waals surface area contributed by atoms with Crippen LogP contribution in [0.2, 0.25) is 5.02 Å². The third-order valence-electron chi connectivity index (χ3n) is 4.64. The minimum atomic E-state index is -0.409. The van der Waals surface area contributed by atoms with Gasteiger partial charge in [0.25, 0.3) is 11.8 Å². The van der Waals surface area contributed by atoms with Crippen molar-refractivity contribution in [2.75, 3.05) is 12.4 Å². The maximum atomic E-state index is 12.7. The number of fused-ring (bicyclic) bond motifs is 1. The Bertz CT molecular complexity index is 1150. The molecule has 162 valence electrons. The summed E-state index contributed by atoms with van der Waals surface area (Å²) in [5.74, 6) is 0.112. The summed E-state index contributed by atoms with van der Waals surface area (Å²) in [6.07, 6.45) is 0.840. The molecule has 0 aliphatic heterocycles. The lowest BCUT2D eigenvalue weighted by Gasteiger charge is -2.13. The van der Waals surface area contributed by atoms with Gasteiger partial charge in [0.15, 0.2) is 5.11 Å². The molecule has 0 aliphatic rings. The van der Waals surface area contributed by atoms with Crippen LogP contribution in [0, 0.1) is 0 Å². The Morgan fingerprint density at radius 1 is 1.19 bits per heavy atom. The van der Waals surface area contributed by atoms with Gasteiger partial charge in [-0.3, -0.25) is 14.9 Å². The molecule has 9 heteroatoms. The number of amides is 2. The number of nitrogens with one attached hydrogen (secondary N) is 3. The molecular formula is C22H22ClN3O3S2. The van der Waals surface area contributed by atoms with Gasteiger partial charge in [-0.15, -0.1) is 11.3 Å². The van der Waals surface area contributed by atoms with E-state index in [4.69, 9.17) is 28.6 Å². The second kappa shape index (κ2) is 10.1. The lowest BCUT2D eigenvalue weighted by atomic mass is 10.1. The highest BCUT2D eigenvalue weighted by Crippen LogP contribution is 2.37. The molecule has 31 heavy (non-hydrogen) atoms. The summed E-state index contributed by atoms with van der Waals surface area (Å²) in [5.41, 5.74) is 1.09. The molecule has 0 bridgehead atoms. The Labute approximate surface area is 194 Å². The Kier molecular flexibility index (Phi) is 7.48. The summed E-state index contributed by atoms with van der Waals surface area (Å²) in [7, 11) is 1.58. The fourth-order valence-electron chi connectivity index (χ4n) is 2.79. The molecule has 0 saturated heterocycles. The van der Waals surface area contributed by atoms with E-state index in [1.807, 2.05) is 26.0 Å². The summed E-state index contributed by atoms with van der Waals surface area (Å²) in [6, 6.07) is 12.4. The van der Waals surface area contributed by atoms with Gasteiger partial charge < -0.3 is 15.4 Å². The van der Waals surface area contributed by atoms with Crippen molar-refractivity contribution in [2.45, 2.75) is 26.3 Å². The van der Waals surface area contributed by atoms with Crippen LogP contribution in [-0.4, -0.2) is 30.1 Å². The minimum absolute atomic E-state index is 0.0792. The van der Waals surface area contributed by atoms with Gasteiger partial charge in [0.1, 0.15) is 10.6 Å². The number of thiophene rings is 1. The summed E-state index contributed by atoms with van der Waals surface area (Å²) < 4.78 is 6.06. The smallest absolute Gasteiger partial charge is 0.269 e. The zero-order chi connectivity index (χ0) is 22.5. The summed E-state index contributed by atoms with van der Waals surface area (Å²) in [4.78, 5) is 25.4. The van der Waals surface area contributed by atoms with Gasteiger partial charge in [0.2, 0.25) is 0 Å².